The SMILES string of the molecule is CC(NC(=O)OC(C)(C)C)c1nc(C2CCOCC2)cs1. The molecule has 1 atom stereocenters. The molecule has 2 rings (SSSR count). The van der Waals surface area contributed by atoms with Crippen molar-refractivity contribution in [3.05, 3.63) is 16.1 Å². The van der Waals surface area contributed by atoms with Gasteiger partial charge in [-0.15, -0.1) is 11.3 Å². The van der Waals surface area contributed by atoms with Crippen LogP contribution in [0.2, 0.25) is 0 Å². The number of aromatic nitrogens is 1. The molecule has 1 fully saturated rings. The number of ether oxygens (including phenoxy) is 2. The first-order chi connectivity index (χ1) is 9.85. The number of rotatable bonds is 3. The van der Waals surface area contributed by atoms with Crippen molar-refractivity contribution < 1.29 is 14.3 Å². The van der Waals surface area contributed by atoms with Gasteiger partial charge in [-0.3, -0.25) is 0 Å². The second-order valence-electron chi connectivity index (χ2n) is 6.37. The number of amides is 1. The Morgan fingerprint density at radius 2 is 2.14 bits per heavy atom. The fourth-order valence-corrected chi connectivity index (χ4v) is 3.13. The summed E-state index contributed by atoms with van der Waals surface area (Å²) in [5, 5.41) is 5.85. The topological polar surface area (TPSA) is 60.5 Å². The van der Waals surface area contributed by atoms with Gasteiger partial charge in [0.1, 0.15) is 10.6 Å². The fourth-order valence-electron chi connectivity index (χ4n) is 2.23. The van der Waals surface area contributed by atoms with Gasteiger partial charge in [0, 0.05) is 24.5 Å². The molecule has 0 radical (unpaired) electrons. The first kappa shape index (κ1) is 16.2. The number of nitrogens with zero attached hydrogens (tertiary/aromatic N) is 1. The molecular formula is C15H24N2O3S. The molecule has 1 amide bonds. The smallest absolute Gasteiger partial charge is 0.408 e. The number of hydrogen-bond acceptors (Lipinski definition) is 5. The molecule has 1 unspecified atom stereocenters. The molecule has 5 nitrogen and oxygen atoms in total. The summed E-state index contributed by atoms with van der Waals surface area (Å²) in [5.41, 5.74) is 0.635. The third-order valence-electron chi connectivity index (χ3n) is 3.28. The molecule has 0 aliphatic carbocycles. The second-order valence-corrected chi connectivity index (χ2v) is 7.25. The predicted molar refractivity (Wildman–Crippen MR) is 82.7 cm³/mol. The quantitative estimate of drug-likeness (QED) is 0.926. The third-order valence-corrected chi connectivity index (χ3v) is 4.33. The Balaban J connectivity index is 1.92. The van der Waals surface area contributed by atoms with Gasteiger partial charge >= 0.3 is 6.09 Å². The van der Waals surface area contributed by atoms with E-state index in [4.69, 9.17) is 9.47 Å². The molecule has 1 N–H and O–H groups in total. The summed E-state index contributed by atoms with van der Waals surface area (Å²) in [6, 6.07) is -0.140. The van der Waals surface area contributed by atoms with Crippen LogP contribution in [0.1, 0.15) is 63.2 Å². The maximum absolute atomic E-state index is 11.8. The van der Waals surface area contributed by atoms with Crippen molar-refractivity contribution in [1.82, 2.24) is 10.3 Å². The van der Waals surface area contributed by atoms with E-state index in [1.165, 1.54) is 0 Å². The Hall–Kier alpha value is -1.14. The normalized spacial score (nSPS) is 18.3. The lowest BCUT2D eigenvalue weighted by Crippen LogP contribution is -2.34. The number of thiazole rings is 1. The molecule has 1 aromatic heterocycles. The van der Waals surface area contributed by atoms with Crippen LogP contribution in [0.3, 0.4) is 0 Å². The molecule has 1 aliphatic rings. The third kappa shape index (κ3) is 4.97. The van der Waals surface area contributed by atoms with Crippen LogP contribution in [-0.2, 0) is 9.47 Å². The molecule has 0 spiro atoms. The maximum atomic E-state index is 11.8. The average molecular weight is 312 g/mol. The first-order valence-corrected chi connectivity index (χ1v) is 8.25. The van der Waals surface area contributed by atoms with Gasteiger partial charge < -0.3 is 14.8 Å². The highest BCUT2D eigenvalue weighted by molar-refractivity contribution is 7.09. The van der Waals surface area contributed by atoms with Gasteiger partial charge in [-0.2, -0.15) is 0 Å². The van der Waals surface area contributed by atoms with Crippen LogP contribution in [0.5, 0.6) is 0 Å². The number of nitrogens with one attached hydrogen (secondary N) is 1. The molecule has 1 saturated heterocycles. The van der Waals surface area contributed by atoms with E-state index in [0.29, 0.717) is 5.92 Å². The second kappa shape index (κ2) is 6.75. The zero-order chi connectivity index (χ0) is 15.5. The summed E-state index contributed by atoms with van der Waals surface area (Å²) >= 11 is 1.59. The molecule has 1 aliphatic heterocycles. The summed E-state index contributed by atoms with van der Waals surface area (Å²) in [4.78, 5) is 16.5. The van der Waals surface area contributed by atoms with Gasteiger partial charge in [0.25, 0.3) is 0 Å². The summed E-state index contributed by atoms with van der Waals surface area (Å²) < 4.78 is 10.6. The first-order valence-electron chi connectivity index (χ1n) is 7.38. The lowest BCUT2D eigenvalue weighted by atomic mass is 9.97. The van der Waals surface area contributed by atoms with Crippen LogP contribution in [0.15, 0.2) is 5.38 Å². The Bertz CT molecular complexity index is 476. The monoisotopic (exact) mass is 312 g/mol. The molecule has 21 heavy (non-hydrogen) atoms. The Kier molecular flexibility index (Phi) is 5.22. The summed E-state index contributed by atoms with van der Waals surface area (Å²) in [5.74, 6) is 0.484. The van der Waals surface area contributed by atoms with Crippen LogP contribution in [-0.4, -0.2) is 29.9 Å². The van der Waals surface area contributed by atoms with Crippen molar-refractivity contribution in [3.63, 3.8) is 0 Å². The van der Waals surface area contributed by atoms with E-state index in [1.54, 1.807) is 11.3 Å². The van der Waals surface area contributed by atoms with Gasteiger partial charge in [0.05, 0.1) is 11.7 Å². The molecular weight excluding hydrogens is 288 g/mol. The highest BCUT2D eigenvalue weighted by Gasteiger charge is 2.22. The van der Waals surface area contributed by atoms with E-state index in [2.05, 4.69) is 15.7 Å². The molecule has 0 aromatic carbocycles. The van der Waals surface area contributed by atoms with Crippen molar-refractivity contribution in [2.75, 3.05) is 13.2 Å². The van der Waals surface area contributed by atoms with E-state index in [0.717, 1.165) is 36.8 Å². The maximum Gasteiger partial charge on any atom is 0.408 e. The van der Waals surface area contributed by atoms with Crippen LogP contribution >= 0.6 is 11.3 Å². The predicted octanol–water partition coefficient (Wildman–Crippen LogP) is 3.62. The van der Waals surface area contributed by atoms with Crippen LogP contribution in [0.4, 0.5) is 4.79 Å². The van der Waals surface area contributed by atoms with Gasteiger partial charge in [-0.25, -0.2) is 9.78 Å². The number of carbonyl (C=O) groups is 1. The van der Waals surface area contributed by atoms with Crippen molar-refractivity contribution >= 4 is 17.4 Å². The van der Waals surface area contributed by atoms with E-state index in [9.17, 15) is 4.79 Å². The van der Waals surface area contributed by atoms with Crippen molar-refractivity contribution in [2.24, 2.45) is 0 Å². The minimum absolute atomic E-state index is 0.140. The van der Waals surface area contributed by atoms with Crippen LogP contribution in [0, 0.1) is 0 Å². The zero-order valence-electron chi connectivity index (χ0n) is 13.1. The molecule has 2 heterocycles. The number of alkyl carbamates (subject to hydrolysis) is 1. The van der Waals surface area contributed by atoms with Crippen LogP contribution < -0.4 is 5.32 Å². The minimum Gasteiger partial charge on any atom is -0.444 e. The number of carbonyl (C=O) groups excluding carboxylic acids is 1. The van der Waals surface area contributed by atoms with Gasteiger partial charge in [-0.1, -0.05) is 0 Å². The standard InChI is InChI=1S/C15H24N2O3S/c1-10(16-14(18)20-15(2,3)4)13-17-12(9-21-13)11-5-7-19-8-6-11/h9-11H,5-8H2,1-4H3,(H,16,18). The zero-order valence-corrected chi connectivity index (χ0v) is 14.0. The summed E-state index contributed by atoms with van der Waals surface area (Å²) in [7, 11) is 0. The molecule has 1 aromatic rings. The highest BCUT2D eigenvalue weighted by Crippen LogP contribution is 2.29. The molecule has 0 saturated carbocycles. The molecule has 6 heteroatoms. The van der Waals surface area contributed by atoms with E-state index >= 15 is 0 Å². The average Bonchev–Trinajstić information content (AvgIpc) is 2.87. The summed E-state index contributed by atoms with van der Waals surface area (Å²) in [6.07, 6.45) is 1.64. The Labute approximate surface area is 130 Å². The van der Waals surface area contributed by atoms with E-state index in [-0.39, 0.29) is 6.04 Å². The van der Waals surface area contributed by atoms with E-state index < -0.39 is 11.7 Å². The molecule has 118 valence electrons. The van der Waals surface area contributed by atoms with Crippen molar-refractivity contribution in [2.45, 2.75) is 58.1 Å². The summed E-state index contributed by atoms with van der Waals surface area (Å²) in [6.45, 7) is 9.10. The van der Waals surface area contributed by atoms with E-state index in [1.807, 2.05) is 27.7 Å². The largest absolute Gasteiger partial charge is 0.444 e. The van der Waals surface area contributed by atoms with Gasteiger partial charge in [0.15, 0.2) is 0 Å². The number of hydrogen-bond donors (Lipinski definition) is 1. The molecule has 0 bridgehead atoms. The Morgan fingerprint density at radius 1 is 1.48 bits per heavy atom. The lowest BCUT2D eigenvalue weighted by Gasteiger charge is -2.21. The lowest BCUT2D eigenvalue weighted by molar-refractivity contribution is 0.0508. The van der Waals surface area contributed by atoms with Crippen LogP contribution in [0.25, 0.3) is 0 Å². The van der Waals surface area contributed by atoms with Crippen molar-refractivity contribution in [1.29, 1.82) is 0 Å². The van der Waals surface area contributed by atoms with Crippen molar-refractivity contribution in [3.8, 4) is 0 Å². The highest BCUT2D eigenvalue weighted by atomic mass is 32.1. The Morgan fingerprint density at radius 3 is 2.76 bits per heavy atom. The fraction of sp³-hybridized carbons (Fsp3) is 0.733. The minimum atomic E-state index is -0.486. The van der Waals surface area contributed by atoms with Gasteiger partial charge in [0.2, 0.25) is 0 Å². The van der Waals surface area contributed by atoms with Gasteiger partial charge in [-0.05, 0) is 40.5 Å².